The quantitative estimate of drug-likeness (QED) is 0.895. The van der Waals surface area contributed by atoms with Gasteiger partial charge in [-0.2, -0.15) is 0 Å². The van der Waals surface area contributed by atoms with Crippen LogP contribution in [0.2, 0.25) is 5.02 Å². The second-order valence-corrected chi connectivity index (χ2v) is 5.83. The highest BCUT2D eigenvalue weighted by atomic mass is 35.5. The van der Waals surface area contributed by atoms with Gasteiger partial charge >= 0.3 is 0 Å². The van der Waals surface area contributed by atoms with E-state index in [-0.39, 0.29) is 11.8 Å². The summed E-state index contributed by atoms with van der Waals surface area (Å²) in [5, 5.41) is 13.7. The SMILES string of the molecule is Oc1c(F)cc(Cl)cc1[C@H](C1CC1)N1CCNCC1. The van der Waals surface area contributed by atoms with Crippen LogP contribution in [-0.2, 0) is 0 Å². The average molecular weight is 285 g/mol. The first kappa shape index (κ1) is 13.2. The van der Waals surface area contributed by atoms with Gasteiger partial charge in [0, 0.05) is 42.8 Å². The van der Waals surface area contributed by atoms with Gasteiger partial charge in [0.05, 0.1) is 0 Å². The summed E-state index contributed by atoms with van der Waals surface area (Å²) in [6, 6.07) is 2.97. The normalized spacial score (nSPS) is 22.4. The van der Waals surface area contributed by atoms with Gasteiger partial charge in [0.2, 0.25) is 0 Å². The molecule has 0 spiro atoms. The van der Waals surface area contributed by atoms with Gasteiger partial charge in [0.15, 0.2) is 11.6 Å². The Kier molecular flexibility index (Phi) is 3.65. The molecule has 1 aromatic carbocycles. The lowest BCUT2D eigenvalue weighted by Crippen LogP contribution is -2.45. The zero-order valence-electron chi connectivity index (χ0n) is 10.7. The summed E-state index contributed by atoms with van der Waals surface area (Å²) < 4.78 is 13.7. The summed E-state index contributed by atoms with van der Waals surface area (Å²) in [5.41, 5.74) is 0.648. The molecule has 2 aliphatic rings. The highest BCUT2D eigenvalue weighted by molar-refractivity contribution is 6.30. The van der Waals surface area contributed by atoms with Gasteiger partial charge in [0.25, 0.3) is 0 Å². The van der Waals surface area contributed by atoms with Crippen LogP contribution in [0.25, 0.3) is 0 Å². The van der Waals surface area contributed by atoms with Gasteiger partial charge in [-0.15, -0.1) is 0 Å². The molecule has 1 heterocycles. The summed E-state index contributed by atoms with van der Waals surface area (Å²) >= 11 is 5.95. The lowest BCUT2D eigenvalue weighted by molar-refractivity contribution is 0.153. The Morgan fingerprint density at radius 2 is 2.00 bits per heavy atom. The van der Waals surface area contributed by atoms with Crippen LogP contribution in [0.4, 0.5) is 4.39 Å². The Morgan fingerprint density at radius 1 is 1.32 bits per heavy atom. The number of piperazine rings is 1. The smallest absolute Gasteiger partial charge is 0.166 e. The molecule has 3 rings (SSSR count). The van der Waals surface area contributed by atoms with Crippen LogP contribution >= 0.6 is 11.6 Å². The Balaban J connectivity index is 1.95. The summed E-state index contributed by atoms with van der Waals surface area (Å²) in [4.78, 5) is 2.33. The Bertz CT molecular complexity index is 473. The van der Waals surface area contributed by atoms with Crippen LogP contribution < -0.4 is 5.32 Å². The van der Waals surface area contributed by atoms with Crippen LogP contribution in [0.3, 0.4) is 0 Å². The third-order valence-electron chi connectivity index (χ3n) is 3.99. The van der Waals surface area contributed by atoms with Crippen LogP contribution in [-0.4, -0.2) is 36.2 Å². The number of rotatable bonds is 3. The molecule has 0 aromatic heterocycles. The van der Waals surface area contributed by atoms with Crippen molar-refractivity contribution in [2.45, 2.75) is 18.9 Å². The van der Waals surface area contributed by atoms with Gasteiger partial charge in [-0.25, -0.2) is 4.39 Å². The maximum Gasteiger partial charge on any atom is 0.166 e. The van der Waals surface area contributed by atoms with E-state index in [1.807, 2.05) is 0 Å². The van der Waals surface area contributed by atoms with Crippen molar-refractivity contribution in [1.82, 2.24) is 10.2 Å². The highest BCUT2D eigenvalue weighted by Gasteiger charge is 2.38. The molecular weight excluding hydrogens is 267 g/mol. The molecule has 0 radical (unpaired) electrons. The van der Waals surface area contributed by atoms with Crippen LogP contribution in [0.5, 0.6) is 5.75 Å². The average Bonchev–Trinajstić information content (AvgIpc) is 3.21. The molecule has 1 aliphatic carbocycles. The van der Waals surface area contributed by atoms with Crippen LogP contribution in [0, 0.1) is 11.7 Å². The fourth-order valence-corrected chi connectivity index (χ4v) is 3.15. The van der Waals surface area contributed by atoms with E-state index in [1.54, 1.807) is 6.07 Å². The van der Waals surface area contributed by atoms with E-state index < -0.39 is 5.82 Å². The van der Waals surface area contributed by atoms with Crippen molar-refractivity contribution in [1.29, 1.82) is 0 Å². The van der Waals surface area contributed by atoms with Gasteiger partial charge in [-0.1, -0.05) is 11.6 Å². The number of nitrogens with one attached hydrogen (secondary N) is 1. The molecule has 1 atom stereocenters. The molecule has 2 fully saturated rings. The molecule has 5 heteroatoms. The number of aromatic hydroxyl groups is 1. The fourth-order valence-electron chi connectivity index (χ4n) is 2.93. The summed E-state index contributed by atoms with van der Waals surface area (Å²) in [5.74, 6) is -0.343. The van der Waals surface area contributed by atoms with E-state index in [4.69, 9.17) is 11.6 Å². The Labute approximate surface area is 117 Å². The number of phenolic OH excluding ortho intramolecular Hbond substituents is 1. The van der Waals surface area contributed by atoms with Gasteiger partial charge in [-0.3, -0.25) is 4.90 Å². The standard InChI is InChI=1S/C14H18ClFN2O/c15-10-7-11(14(19)12(16)8-10)13(9-1-2-9)18-5-3-17-4-6-18/h7-9,13,17,19H,1-6H2/t13-/m0/s1. The molecule has 1 aromatic rings. The highest BCUT2D eigenvalue weighted by Crippen LogP contribution is 2.47. The zero-order chi connectivity index (χ0) is 13.4. The van der Waals surface area contributed by atoms with Gasteiger partial charge in [0.1, 0.15) is 0 Å². The molecule has 1 aliphatic heterocycles. The number of phenols is 1. The minimum atomic E-state index is -0.622. The first-order chi connectivity index (χ1) is 9.16. The van der Waals surface area contributed by atoms with Gasteiger partial charge < -0.3 is 10.4 Å². The molecule has 3 nitrogen and oxygen atoms in total. The number of hydrogen-bond acceptors (Lipinski definition) is 3. The molecule has 0 bridgehead atoms. The van der Waals surface area contributed by atoms with Crippen molar-refractivity contribution < 1.29 is 9.50 Å². The summed E-state index contributed by atoms with van der Waals surface area (Å²) in [6.45, 7) is 3.73. The third-order valence-corrected chi connectivity index (χ3v) is 4.21. The van der Waals surface area contributed by atoms with Crippen molar-refractivity contribution in [3.05, 3.63) is 28.5 Å². The number of halogens is 2. The molecule has 104 valence electrons. The Morgan fingerprint density at radius 3 is 2.63 bits per heavy atom. The topological polar surface area (TPSA) is 35.5 Å². The van der Waals surface area contributed by atoms with Crippen molar-refractivity contribution >= 4 is 11.6 Å². The van der Waals surface area contributed by atoms with Crippen molar-refractivity contribution in [3.63, 3.8) is 0 Å². The molecule has 19 heavy (non-hydrogen) atoms. The van der Waals surface area contributed by atoms with E-state index in [1.165, 1.54) is 6.07 Å². The predicted octanol–water partition coefficient (Wildman–Crippen LogP) is 2.54. The van der Waals surface area contributed by atoms with E-state index in [0.29, 0.717) is 16.5 Å². The van der Waals surface area contributed by atoms with E-state index in [0.717, 1.165) is 39.0 Å². The first-order valence-corrected chi connectivity index (χ1v) is 7.17. The molecular formula is C14H18ClFN2O. The maximum absolute atomic E-state index is 13.7. The maximum atomic E-state index is 13.7. The number of benzene rings is 1. The van der Waals surface area contributed by atoms with Crippen molar-refractivity contribution in [2.75, 3.05) is 26.2 Å². The number of hydrogen-bond donors (Lipinski definition) is 2. The second-order valence-electron chi connectivity index (χ2n) is 5.39. The largest absolute Gasteiger partial charge is 0.505 e. The zero-order valence-corrected chi connectivity index (χ0v) is 11.5. The van der Waals surface area contributed by atoms with Crippen molar-refractivity contribution in [3.8, 4) is 5.75 Å². The minimum absolute atomic E-state index is 0.0929. The first-order valence-electron chi connectivity index (χ1n) is 6.79. The van der Waals surface area contributed by atoms with E-state index in [2.05, 4.69) is 10.2 Å². The van der Waals surface area contributed by atoms with Gasteiger partial charge in [-0.05, 0) is 30.9 Å². The summed E-state index contributed by atoms with van der Waals surface area (Å²) in [6.07, 6.45) is 2.28. The van der Waals surface area contributed by atoms with Crippen LogP contribution in [0.15, 0.2) is 12.1 Å². The second kappa shape index (κ2) is 5.27. The molecule has 1 saturated heterocycles. The van der Waals surface area contributed by atoms with Crippen molar-refractivity contribution in [2.24, 2.45) is 5.92 Å². The monoisotopic (exact) mass is 284 g/mol. The number of nitrogens with zero attached hydrogens (tertiary/aromatic N) is 1. The molecule has 0 amide bonds. The third kappa shape index (κ3) is 2.71. The molecule has 0 unspecified atom stereocenters. The van der Waals surface area contributed by atoms with E-state index >= 15 is 0 Å². The minimum Gasteiger partial charge on any atom is -0.505 e. The molecule has 2 N–H and O–H groups in total. The Hall–Kier alpha value is -0.840. The lowest BCUT2D eigenvalue weighted by Gasteiger charge is -2.35. The molecule has 1 saturated carbocycles. The van der Waals surface area contributed by atoms with E-state index in [9.17, 15) is 9.50 Å². The lowest BCUT2D eigenvalue weighted by atomic mass is 9.98. The predicted molar refractivity (Wildman–Crippen MR) is 73.0 cm³/mol. The fraction of sp³-hybridized carbons (Fsp3) is 0.571. The summed E-state index contributed by atoms with van der Waals surface area (Å²) in [7, 11) is 0. The van der Waals surface area contributed by atoms with Crippen LogP contribution in [0.1, 0.15) is 24.4 Å².